The summed E-state index contributed by atoms with van der Waals surface area (Å²) >= 11 is 0. The highest BCUT2D eigenvalue weighted by Crippen LogP contribution is 2.31. The fraction of sp³-hybridized carbons (Fsp3) is 0.400. The van der Waals surface area contributed by atoms with Crippen LogP contribution in [0.25, 0.3) is 0 Å². The van der Waals surface area contributed by atoms with Crippen LogP contribution in [0, 0.1) is 5.92 Å². The maximum Gasteiger partial charge on any atom is 0.161 e. The zero-order valence-electron chi connectivity index (χ0n) is 14.7. The fourth-order valence-electron chi connectivity index (χ4n) is 2.58. The molecule has 0 fully saturated rings. The third-order valence-corrected chi connectivity index (χ3v) is 3.93. The second-order valence-corrected chi connectivity index (χ2v) is 6.42. The summed E-state index contributed by atoms with van der Waals surface area (Å²) in [6.45, 7) is 5.43. The normalized spacial score (nSPS) is 12.2. The van der Waals surface area contributed by atoms with E-state index in [0.29, 0.717) is 19.1 Å². The van der Waals surface area contributed by atoms with Gasteiger partial charge in [0.15, 0.2) is 11.5 Å². The molecule has 0 saturated carbocycles. The molecular formula is C20H27NO3. The van der Waals surface area contributed by atoms with Gasteiger partial charge in [-0.3, -0.25) is 0 Å². The number of hydrogen-bond donors (Lipinski definition) is 2. The van der Waals surface area contributed by atoms with Crippen LogP contribution >= 0.6 is 0 Å². The van der Waals surface area contributed by atoms with Crippen LogP contribution in [0.3, 0.4) is 0 Å². The summed E-state index contributed by atoms with van der Waals surface area (Å²) in [6.07, 6.45) is 0.808. The highest BCUT2D eigenvalue weighted by atomic mass is 16.5. The van der Waals surface area contributed by atoms with Crippen molar-refractivity contribution >= 4 is 0 Å². The van der Waals surface area contributed by atoms with E-state index in [-0.39, 0.29) is 11.7 Å². The van der Waals surface area contributed by atoms with E-state index in [9.17, 15) is 5.11 Å². The number of phenolic OH excluding ortho intramolecular Hbond substituents is 1. The molecule has 0 heterocycles. The molecule has 24 heavy (non-hydrogen) atoms. The molecular weight excluding hydrogens is 302 g/mol. The van der Waals surface area contributed by atoms with Gasteiger partial charge in [0.2, 0.25) is 0 Å². The topological polar surface area (TPSA) is 64.7 Å². The predicted molar refractivity (Wildman–Crippen MR) is 96.9 cm³/mol. The van der Waals surface area contributed by atoms with E-state index in [4.69, 9.17) is 15.2 Å². The minimum atomic E-state index is 0.192. The molecule has 2 rings (SSSR count). The van der Waals surface area contributed by atoms with Crippen LogP contribution < -0.4 is 15.2 Å². The molecule has 3 N–H and O–H groups in total. The second kappa shape index (κ2) is 8.60. The summed E-state index contributed by atoms with van der Waals surface area (Å²) in [5.74, 6) is 2.43. The number of ether oxygens (including phenoxy) is 2. The highest BCUT2D eigenvalue weighted by Gasteiger charge is 2.13. The van der Waals surface area contributed by atoms with E-state index in [2.05, 4.69) is 19.9 Å². The minimum absolute atomic E-state index is 0.192. The van der Waals surface area contributed by atoms with Gasteiger partial charge < -0.3 is 20.3 Å². The molecule has 0 amide bonds. The van der Waals surface area contributed by atoms with Gasteiger partial charge in [0.05, 0.1) is 13.7 Å². The third kappa shape index (κ3) is 4.90. The first-order chi connectivity index (χ1) is 11.5. The van der Waals surface area contributed by atoms with E-state index < -0.39 is 0 Å². The van der Waals surface area contributed by atoms with Crippen molar-refractivity contribution in [1.29, 1.82) is 0 Å². The van der Waals surface area contributed by atoms with Crippen LogP contribution in [-0.2, 0) is 6.42 Å². The van der Waals surface area contributed by atoms with Gasteiger partial charge in [-0.2, -0.15) is 0 Å². The lowest BCUT2D eigenvalue weighted by molar-refractivity contribution is 0.256. The molecule has 4 heteroatoms. The molecule has 0 saturated heterocycles. The largest absolute Gasteiger partial charge is 0.508 e. The Bertz CT molecular complexity index is 638. The quantitative estimate of drug-likeness (QED) is 0.775. The molecule has 0 aliphatic heterocycles. The van der Waals surface area contributed by atoms with Crippen molar-refractivity contribution in [3.63, 3.8) is 0 Å². The molecule has 0 aliphatic rings. The Labute approximate surface area is 144 Å². The number of hydrogen-bond acceptors (Lipinski definition) is 4. The maximum atomic E-state index is 9.43. The molecule has 0 spiro atoms. The van der Waals surface area contributed by atoms with Gasteiger partial charge >= 0.3 is 0 Å². The Morgan fingerprint density at radius 2 is 1.75 bits per heavy atom. The van der Waals surface area contributed by atoms with Gasteiger partial charge in [0, 0.05) is 5.92 Å². The smallest absolute Gasteiger partial charge is 0.161 e. The van der Waals surface area contributed by atoms with Gasteiger partial charge in [0.25, 0.3) is 0 Å². The van der Waals surface area contributed by atoms with Crippen LogP contribution in [0.1, 0.15) is 30.9 Å². The second-order valence-electron chi connectivity index (χ2n) is 6.42. The Morgan fingerprint density at radius 1 is 1.04 bits per heavy atom. The molecule has 0 aromatic heterocycles. The summed E-state index contributed by atoms with van der Waals surface area (Å²) < 4.78 is 11.3. The van der Waals surface area contributed by atoms with Crippen LogP contribution in [0.15, 0.2) is 42.5 Å². The van der Waals surface area contributed by atoms with Crippen molar-refractivity contribution in [1.82, 2.24) is 0 Å². The van der Waals surface area contributed by atoms with Crippen LogP contribution in [0.4, 0.5) is 0 Å². The molecule has 130 valence electrons. The Balaban J connectivity index is 2.14. The predicted octanol–water partition coefficient (Wildman–Crippen LogP) is 3.72. The Kier molecular flexibility index (Phi) is 6.50. The van der Waals surface area contributed by atoms with Crippen molar-refractivity contribution in [2.75, 3.05) is 20.3 Å². The first kappa shape index (κ1) is 18.1. The molecule has 2 aromatic rings. The molecule has 2 aromatic carbocycles. The minimum Gasteiger partial charge on any atom is -0.508 e. The van der Waals surface area contributed by atoms with E-state index in [1.54, 1.807) is 19.2 Å². The average Bonchev–Trinajstić information content (AvgIpc) is 2.59. The monoisotopic (exact) mass is 329 g/mol. The highest BCUT2D eigenvalue weighted by molar-refractivity contribution is 5.43. The lowest BCUT2D eigenvalue weighted by atomic mass is 9.92. The van der Waals surface area contributed by atoms with Gasteiger partial charge in [-0.25, -0.2) is 0 Å². The zero-order chi connectivity index (χ0) is 17.5. The number of benzene rings is 2. The zero-order valence-corrected chi connectivity index (χ0v) is 14.7. The Hall–Kier alpha value is -2.20. The summed E-state index contributed by atoms with van der Waals surface area (Å²) in [4.78, 5) is 0. The SMILES string of the molecule is COc1cc(CC(CN)c2ccc(O)cc2)ccc1OCC(C)C. The standard InChI is InChI=1S/C20H27NO3/c1-14(2)13-24-19-9-4-15(11-20(19)23-3)10-17(12-21)16-5-7-18(22)8-6-16/h4-9,11,14,17,22H,10,12-13,21H2,1-3H3. The first-order valence-electron chi connectivity index (χ1n) is 8.32. The van der Waals surface area contributed by atoms with Crippen molar-refractivity contribution in [2.24, 2.45) is 11.7 Å². The van der Waals surface area contributed by atoms with E-state index in [1.165, 1.54) is 0 Å². The lowest BCUT2D eigenvalue weighted by Gasteiger charge is -2.17. The first-order valence-corrected chi connectivity index (χ1v) is 8.32. The van der Waals surface area contributed by atoms with Gasteiger partial charge in [-0.15, -0.1) is 0 Å². The van der Waals surface area contributed by atoms with Crippen molar-refractivity contribution in [2.45, 2.75) is 26.2 Å². The number of nitrogens with two attached hydrogens (primary N) is 1. The molecule has 4 nitrogen and oxygen atoms in total. The van der Waals surface area contributed by atoms with Crippen LogP contribution in [-0.4, -0.2) is 25.4 Å². The summed E-state index contributed by atoms with van der Waals surface area (Å²) in [7, 11) is 1.65. The molecule has 1 atom stereocenters. The molecule has 0 bridgehead atoms. The average molecular weight is 329 g/mol. The van der Waals surface area contributed by atoms with E-state index in [0.717, 1.165) is 29.0 Å². The van der Waals surface area contributed by atoms with E-state index in [1.807, 2.05) is 24.3 Å². The number of rotatable bonds is 8. The van der Waals surface area contributed by atoms with Crippen LogP contribution in [0.5, 0.6) is 17.2 Å². The number of methoxy groups -OCH3 is 1. The number of phenols is 1. The molecule has 0 aliphatic carbocycles. The third-order valence-electron chi connectivity index (χ3n) is 3.93. The maximum absolute atomic E-state index is 9.43. The van der Waals surface area contributed by atoms with Crippen molar-refractivity contribution in [3.8, 4) is 17.2 Å². The summed E-state index contributed by atoms with van der Waals surface area (Å²) in [5, 5.41) is 9.43. The lowest BCUT2D eigenvalue weighted by Crippen LogP contribution is -2.15. The van der Waals surface area contributed by atoms with Gasteiger partial charge in [0.1, 0.15) is 5.75 Å². The van der Waals surface area contributed by atoms with E-state index >= 15 is 0 Å². The Morgan fingerprint density at radius 3 is 2.33 bits per heavy atom. The van der Waals surface area contributed by atoms with Gasteiger partial charge in [-0.05, 0) is 54.3 Å². The molecule has 0 radical (unpaired) electrons. The van der Waals surface area contributed by atoms with Gasteiger partial charge in [-0.1, -0.05) is 32.0 Å². The number of aromatic hydroxyl groups is 1. The van der Waals surface area contributed by atoms with Crippen molar-refractivity contribution < 1.29 is 14.6 Å². The molecule has 1 unspecified atom stereocenters. The van der Waals surface area contributed by atoms with Crippen LogP contribution in [0.2, 0.25) is 0 Å². The van der Waals surface area contributed by atoms with Crippen molar-refractivity contribution in [3.05, 3.63) is 53.6 Å². The summed E-state index contributed by atoms with van der Waals surface area (Å²) in [5.41, 5.74) is 8.22. The summed E-state index contributed by atoms with van der Waals surface area (Å²) in [6, 6.07) is 13.3. The fourth-order valence-corrected chi connectivity index (χ4v) is 2.58.